The van der Waals surface area contributed by atoms with E-state index >= 15 is 0 Å². The number of hydrogen-bond acceptors (Lipinski definition) is 2. The van der Waals surface area contributed by atoms with Crippen LogP contribution in [0.25, 0.3) is 0 Å². The summed E-state index contributed by atoms with van der Waals surface area (Å²) in [5.74, 6) is 0.251. The van der Waals surface area contributed by atoms with E-state index in [0.717, 1.165) is 5.56 Å². The number of hydrogen-bond donors (Lipinski definition) is 3. The summed E-state index contributed by atoms with van der Waals surface area (Å²) < 4.78 is 0. The van der Waals surface area contributed by atoms with E-state index in [4.69, 9.17) is 16.7 Å². The Morgan fingerprint density at radius 3 is 2.89 bits per heavy atom. The minimum absolute atomic E-state index is 0.137. The number of benzene rings is 1. The lowest BCUT2D eigenvalue weighted by Crippen LogP contribution is -2.32. The molecule has 1 atom stereocenters. The van der Waals surface area contributed by atoms with Crippen LogP contribution in [0.5, 0.6) is 0 Å². The molecule has 5 heteroatoms. The molecule has 0 radical (unpaired) electrons. The summed E-state index contributed by atoms with van der Waals surface area (Å²) in [6, 6.07) is 5.12. The van der Waals surface area contributed by atoms with Crippen molar-refractivity contribution >= 4 is 23.3 Å². The summed E-state index contributed by atoms with van der Waals surface area (Å²) in [5, 5.41) is 14.9. The number of amides is 2. The molecule has 0 saturated heterocycles. The average Bonchev–Trinajstić information content (AvgIpc) is 2.33. The molecule has 0 aliphatic heterocycles. The fourth-order valence-corrected chi connectivity index (χ4v) is 1.67. The van der Waals surface area contributed by atoms with Gasteiger partial charge in [-0.3, -0.25) is 0 Å². The molecule has 0 aromatic heterocycles. The molecule has 0 saturated carbocycles. The quantitative estimate of drug-likeness (QED) is 0.770. The van der Waals surface area contributed by atoms with Crippen molar-refractivity contribution in [2.75, 3.05) is 18.5 Å². The average molecular weight is 271 g/mol. The van der Waals surface area contributed by atoms with E-state index in [1.54, 1.807) is 18.2 Å². The predicted octanol–water partition coefficient (Wildman–Crippen LogP) is 2.79. The van der Waals surface area contributed by atoms with Gasteiger partial charge in [0.2, 0.25) is 0 Å². The van der Waals surface area contributed by atoms with Gasteiger partial charge in [0.1, 0.15) is 0 Å². The largest absolute Gasteiger partial charge is 0.396 e. The zero-order chi connectivity index (χ0) is 13.5. The molecule has 2 amide bonds. The Kier molecular flexibility index (Phi) is 5.95. The third-order valence-corrected chi connectivity index (χ3v) is 3.16. The van der Waals surface area contributed by atoms with Gasteiger partial charge in [0.25, 0.3) is 0 Å². The van der Waals surface area contributed by atoms with Crippen LogP contribution in [0.1, 0.15) is 18.9 Å². The third kappa shape index (κ3) is 4.55. The van der Waals surface area contributed by atoms with E-state index in [1.165, 1.54) is 0 Å². The molecule has 0 aliphatic rings. The first-order valence-electron chi connectivity index (χ1n) is 5.95. The maximum absolute atomic E-state index is 11.7. The van der Waals surface area contributed by atoms with Gasteiger partial charge >= 0.3 is 6.03 Å². The molecule has 0 bridgehead atoms. The van der Waals surface area contributed by atoms with Crippen molar-refractivity contribution in [1.82, 2.24) is 5.32 Å². The van der Waals surface area contributed by atoms with Crippen molar-refractivity contribution in [3.63, 3.8) is 0 Å². The number of urea groups is 1. The predicted molar refractivity (Wildman–Crippen MR) is 74.1 cm³/mol. The highest BCUT2D eigenvalue weighted by Gasteiger charge is 2.07. The number of nitrogens with one attached hydrogen (secondary N) is 2. The molecule has 18 heavy (non-hydrogen) atoms. The first kappa shape index (κ1) is 14.8. The fraction of sp³-hybridized carbons (Fsp3) is 0.462. The van der Waals surface area contributed by atoms with E-state index in [-0.39, 0.29) is 18.6 Å². The number of rotatable bonds is 5. The molecule has 0 aliphatic carbocycles. The van der Waals surface area contributed by atoms with Crippen LogP contribution in [0.3, 0.4) is 0 Å². The molecule has 0 heterocycles. The van der Waals surface area contributed by atoms with Crippen LogP contribution < -0.4 is 10.6 Å². The van der Waals surface area contributed by atoms with Crippen LogP contribution in [-0.4, -0.2) is 24.3 Å². The number of carbonyl (C=O) groups is 1. The summed E-state index contributed by atoms with van der Waals surface area (Å²) in [6.07, 6.45) is 0.677. The van der Waals surface area contributed by atoms with Crippen molar-refractivity contribution in [3.8, 4) is 0 Å². The van der Waals surface area contributed by atoms with Gasteiger partial charge in [-0.05, 0) is 37.0 Å². The van der Waals surface area contributed by atoms with Crippen molar-refractivity contribution in [3.05, 3.63) is 28.8 Å². The Morgan fingerprint density at radius 2 is 2.22 bits per heavy atom. The highest BCUT2D eigenvalue weighted by atomic mass is 35.5. The molecule has 1 unspecified atom stereocenters. The van der Waals surface area contributed by atoms with Gasteiger partial charge in [0.15, 0.2) is 0 Å². The van der Waals surface area contributed by atoms with Crippen molar-refractivity contribution in [2.24, 2.45) is 5.92 Å². The lowest BCUT2D eigenvalue weighted by Gasteiger charge is -2.13. The molecule has 4 nitrogen and oxygen atoms in total. The second-order valence-corrected chi connectivity index (χ2v) is 4.77. The van der Waals surface area contributed by atoms with Crippen LogP contribution in [-0.2, 0) is 0 Å². The Morgan fingerprint density at radius 1 is 1.50 bits per heavy atom. The molecule has 1 aromatic carbocycles. The first-order valence-corrected chi connectivity index (χ1v) is 6.33. The van der Waals surface area contributed by atoms with Crippen molar-refractivity contribution < 1.29 is 9.90 Å². The maximum atomic E-state index is 11.7. The van der Waals surface area contributed by atoms with E-state index in [1.807, 2.05) is 13.8 Å². The van der Waals surface area contributed by atoms with E-state index in [9.17, 15) is 4.79 Å². The molecular weight excluding hydrogens is 252 g/mol. The molecule has 0 spiro atoms. The second kappa shape index (κ2) is 7.24. The number of aliphatic hydroxyl groups is 1. The highest BCUT2D eigenvalue weighted by molar-refractivity contribution is 6.31. The molecule has 1 rings (SSSR count). The van der Waals surface area contributed by atoms with Gasteiger partial charge in [-0.1, -0.05) is 24.6 Å². The second-order valence-electron chi connectivity index (χ2n) is 4.36. The third-order valence-electron chi connectivity index (χ3n) is 2.75. The van der Waals surface area contributed by atoms with Crippen molar-refractivity contribution in [2.45, 2.75) is 20.3 Å². The lowest BCUT2D eigenvalue weighted by molar-refractivity contribution is 0.243. The first-order chi connectivity index (χ1) is 8.54. The Labute approximate surface area is 112 Å². The topological polar surface area (TPSA) is 61.4 Å². The zero-order valence-corrected chi connectivity index (χ0v) is 11.4. The highest BCUT2D eigenvalue weighted by Crippen LogP contribution is 2.22. The van der Waals surface area contributed by atoms with Crippen LogP contribution >= 0.6 is 11.6 Å². The number of carbonyl (C=O) groups excluding carboxylic acids is 1. The van der Waals surface area contributed by atoms with Gasteiger partial charge in [0.05, 0.1) is 0 Å². The number of aliphatic hydroxyl groups excluding tert-OH is 1. The van der Waals surface area contributed by atoms with Gasteiger partial charge < -0.3 is 15.7 Å². The summed E-state index contributed by atoms with van der Waals surface area (Å²) >= 11 is 5.97. The minimum Gasteiger partial charge on any atom is -0.396 e. The SMILES string of the molecule is Cc1c(Cl)cccc1NC(=O)NCC(C)CCO. The van der Waals surface area contributed by atoms with Crippen LogP contribution in [0, 0.1) is 12.8 Å². The maximum Gasteiger partial charge on any atom is 0.319 e. The van der Waals surface area contributed by atoms with Crippen LogP contribution in [0.2, 0.25) is 5.02 Å². The van der Waals surface area contributed by atoms with Crippen LogP contribution in [0.4, 0.5) is 10.5 Å². The van der Waals surface area contributed by atoms with Crippen molar-refractivity contribution in [1.29, 1.82) is 0 Å². The molecule has 1 aromatic rings. The molecular formula is C13H19ClN2O2. The Bertz CT molecular complexity index is 410. The van der Waals surface area contributed by atoms with E-state index < -0.39 is 0 Å². The van der Waals surface area contributed by atoms with E-state index in [2.05, 4.69) is 10.6 Å². The Hall–Kier alpha value is -1.26. The molecule has 3 N–H and O–H groups in total. The molecule has 100 valence electrons. The Balaban J connectivity index is 2.47. The van der Waals surface area contributed by atoms with Gasteiger partial charge in [-0.2, -0.15) is 0 Å². The molecule has 0 fully saturated rings. The number of halogens is 1. The monoisotopic (exact) mass is 270 g/mol. The standard InChI is InChI=1S/C13H19ClN2O2/c1-9(6-7-17)8-15-13(18)16-12-5-3-4-11(14)10(12)2/h3-5,9,17H,6-8H2,1-2H3,(H2,15,16,18). The summed E-state index contributed by atoms with van der Waals surface area (Å²) in [5.41, 5.74) is 1.55. The van der Waals surface area contributed by atoms with Gasteiger partial charge in [0, 0.05) is 23.9 Å². The smallest absolute Gasteiger partial charge is 0.319 e. The fourth-order valence-electron chi connectivity index (χ4n) is 1.50. The van der Waals surface area contributed by atoms with Gasteiger partial charge in [-0.25, -0.2) is 4.79 Å². The zero-order valence-electron chi connectivity index (χ0n) is 10.7. The van der Waals surface area contributed by atoms with E-state index in [0.29, 0.717) is 23.7 Å². The summed E-state index contributed by atoms with van der Waals surface area (Å²) in [7, 11) is 0. The summed E-state index contributed by atoms with van der Waals surface area (Å²) in [6.45, 7) is 4.50. The normalized spacial score (nSPS) is 12.0. The summed E-state index contributed by atoms with van der Waals surface area (Å²) in [4.78, 5) is 11.7. The number of anilines is 1. The van der Waals surface area contributed by atoms with Gasteiger partial charge in [-0.15, -0.1) is 0 Å². The van der Waals surface area contributed by atoms with Crippen LogP contribution in [0.15, 0.2) is 18.2 Å². The minimum atomic E-state index is -0.259. The lowest BCUT2D eigenvalue weighted by atomic mass is 10.1.